The number of nitro benzene ring substituents is 1. The quantitative estimate of drug-likeness (QED) is 0.325. The molecule has 0 aliphatic heterocycles. The molecule has 0 unspecified atom stereocenters. The lowest BCUT2D eigenvalue weighted by Crippen LogP contribution is -2.13. The number of aromatic nitrogens is 4. The van der Waals surface area contributed by atoms with Crippen molar-refractivity contribution in [1.29, 1.82) is 0 Å². The monoisotopic (exact) mass is 432 g/mol. The van der Waals surface area contributed by atoms with Crippen molar-refractivity contribution in [2.75, 3.05) is 5.32 Å². The average Bonchev–Trinajstić information content (AvgIpc) is 3.34. The van der Waals surface area contributed by atoms with E-state index in [1.165, 1.54) is 18.2 Å². The van der Waals surface area contributed by atoms with Crippen LogP contribution < -0.4 is 5.32 Å². The van der Waals surface area contributed by atoms with Gasteiger partial charge in [-0.1, -0.05) is 25.5 Å². The Morgan fingerprint density at radius 1 is 1.22 bits per heavy atom. The highest BCUT2D eigenvalue weighted by atomic mass is 16.6. The summed E-state index contributed by atoms with van der Waals surface area (Å²) in [5, 5.41) is 14.0. The minimum atomic E-state index is -0.558. The molecule has 0 bridgehead atoms. The molecule has 9 nitrogen and oxygen atoms in total. The van der Waals surface area contributed by atoms with Gasteiger partial charge in [-0.3, -0.25) is 14.9 Å². The molecule has 0 atom stereocenters. The van der Waals surface area contributed by atoms with Crippen LogP contribution in [0.25, 0.3) is 11.0 Å². The van der Waals surface area contributed by atoms with Gasteiger partial charge in [-0.15, -0.1) is 0 Å². The number of anilines is 1. The summed E-state index contributed by atoms with van der Waals surface area (Å²) >= 11 is 0. The molecule has 4 rings (SSSR count). The van der Waals surface area contributed by atoms with E-state index in [-0.39, 0.29) is 11.3 Å². The largest absolute Gasteiger partial charge is 0.328 e. The minimum absolute atomic E-state index is 0.0161. The van der Waals surface area contributed by atoms with Gasteiger partial charge in [0.05, 0.1) is 22.5 Å². The van der Waals surface area contributed by atoms with Gasteiger partial charge in [-0.2, -0.15) is 0 Å². The van der Waals surface area contributed by atoms with Gasteiger partial charge >= 0.3 is 0 Å². The summed E-state index contributed by atoms with van der Waals surface area (Å²) in [7, 11) is 0. The molecule has 0 aliphatic rings. The number of nitrogens with zero attached hydrogens (tertiary/aromatic N) is 5. The molecule has 0 saturated carbocycles. The highest BCUT2D eigenvalue weighted by molar-refractivity contribution is 6.07. The Morgan fingerprint density at radius 3 is 2.75 bits per heavy atom. The Balaban J connectivity index is 1.66. The number of nitro groups is 1. The number of imidazole rings is 2. The fourth-order valence-electron chi connectivity index (χ4n) is 3.69. The second-order valence-corrected chi connectivity index (χ2v) is 7.57. The number of carbonyl (C=O) groups is 1. The molecule has 1 N–H and O–H groups in total. The number of fused-ring (bicyclic) bond motifs is 1. The number of unbranched alkanes of at least 4 members (excludes halogenated alkanes) is 1. The molecule has 164 valence electrons. The number of amides is 1. The average molecular weight is 432 g/mol. The summed E-state index contributed by atoms with van der Waals surface area (Å²) in [5.74, 6) is 1.30. The van der Waals surface area contributed by atoms with Crippen LogP contribution in [0.2, 0.25) is 0 Å². The normalized spacial score (nSPS) is 11.1. The van der Waals surface area contributed by atoms with Gasteiger partial charge in [0.2, 0.25) is 0 Å². The number of nitrogens with one attached hydrogen (secondary N) is 1. The third kappa shape index (κ3) is 4.22. The molecule has 0 saturated heterocycles. The van der Waals surface area contributed by atoms with E-state index >= 15 is 0 Å². The van der Waals surface area contributed by atoms with Crippen molar-refractivity contribution in [3.8, 4) is 0 Å². The van der Waals surface area contributed by atoms with Crippen molar-refractivity contribution >= 4 is 28.3 Å². The second-order valence-electron chi connectivity index (χ2n) is 7.57. The van der Waals surface area contributed by atoms with Crippen LogP contribution in [0, 0.1) is 17.0 Å². The molecule has 1 amide bonds. The van der Waals surface area contributed by atoms with E-state index in [4.69, 9.17) is 4.98 Å². The fraction of sp³-hybridized carbons (Fsp3) is 0.261. The standard InChI is InChI=1S/C23H24N6O3/c1-3-4-12-28-21-10-9-17(25-23(30)18-7-5-6-8-20(18)29(31)32)14-19(21)26-22(28)15-27-13-11-24-16(27)2/h5-11,13-14H,3-4,12,15H2,1-2H3,(H,25,30). The maximum atomic E-state index is 12.7. The lowest BCUT2D eigenvalue weighted by molar-refractivity contribution is -0.385. The van der Waals surface area contributed by atoms with Crippen LogP contribution in [0.1, 0.15) is 41.8 Å². The second kappa shape index (κ2) is 9.01. The Morgan fingerprint density at radius 2 is 2.03 bits per heavy atom. The summed E-state index contributed by atoms with van der Waals surface area (Å²) in [6.45, 7) is 5.55. The van der Waals surface area contributed by atoms with Gasteiger partial charge in [0.25, 0.3) is 11.6 Å². The summed E-state index contributed by atoms with van der Waals surface area (Å²) in [6, 6.07) is 11.4. The Labute approximate surface area is 184 Å². The summed E-state index contributed by atoms with van der Waals surface area (Å²) in [5.41, 5.74) is 2.06. The first kappa shape index (κ1) is 21.2. The van der Waals surface area contributed by atoms with Crippen LogP contribution in [0.15, 0.2) is 54.9 Å². The highest BCUT2D eigenvalue weighted by Gasteiger charge is 2.20. The number of para-hydroxylation sites is 1. The van der Waals surface area contributed by atoms with Crippen molar-refractivity contribution in [2.24, 2.45) is 0 Å². The molecule has 0 spiro atoms. The molecular formula is C23H24N6O3. The lowest BCUT2D eigenvalue weighted by atomic mass is 10.1. The van der Waals surface area contributed by atoms with Gasteiger partial charge in [0.1, 0.15) is 17.2 Å². The summed E-state index contributed by atoms with van der Waals surface area (Å²) < 4.78 is 4.24. The third-order valence-corrected chi connectivity index (χ3v) is 5.40. The van der Waals surface area contributed by atoms with E-state index in [2.05, 4.69) is 21.8 Å². The van der Waals surface area contributed by atoms with Crippen molar-refractivity contribution < 1.29 is 9.72 Å². The van der Waals surface area contributed by atoms with E-state index in [1.807, 2.05) is 23.8 Å². The van der Waals surface area contributed by atoms with E-state index in [0.717, 1.165) is 42.1 Å². The van der Waals surface area contributed by atoms with Gasteiger partial charge in [-0.25, -0.2) is 9.97 Å². The smallest absolute Gasteiger partial charge is 0.282 e. The maximum absolute atomic E-state index is 12.7. The van der Waals surface area contributed by atoms with E-state index < -0.39 is 10.8 Å². The molecule has 32 heavy (non-hydrogen) atoms. The first-order chi connectivity index (χ1) is 15.5. The minimum Gasteiger partial charge on any atom is -0.328 e. The number of benzene rings is 2. The first-order valence-electron chi connectivity index (χ1n) is 10.5. The maximum Gasteiger partial charge on any atom is 0.282 e. The topological polar surface area (TPSA) is 108 Å². The first-order valence-corrected chi connectivity index (χ1v) is 10.5. The predicted octanol–water partition coefficient (Wildman–Crippen LogP) is 4.55. The summed E-state index contributed by atoms with van der Waals surface area (Å²) in [6.07, 6.45) is 5.78. The molecular weight excluding hydrogens is 408 g/mol. The molecule has 2 heterocycles. The van der Waals surface area contributed by atoms with Gasteiger partial charge in [0.15, 0.2) is 0 Å². The lowest BCUT2D eigenvalue weighted by Gasteiger charge is -2.10. The van der Waals surface area contributed by atoms with Gasteiger partial charge in [-0.05, 0) is 37.6 Å². The predicted molar refractivity (Wildman–Crippen MR) is 122 cm³/mol. The summed E-state index contributed by atoms with van der Waals surface area (Å²) in [4.78, 5) is 32.5. The number of rotatable bonds is 8. The molecule has 0 fully saturated rings. The third-order valence-electron chi connectivity index (χ3n) is 5.40. The SMILES string of the molecule is CCCCn1c(Cn2ccnc2C)nc2cc(NC(=O)c3ccccc3[N+](=O)[O-])ccc21. The fourth-order valence-corrected chi connectivity index (χ4v) is 3.69. The highest BCUT2D eigenvalue weighted by Crippen LogP contribution is 2.24. The van der Waals surface area contributed by atoms with E-state index in [0.29, 0.717) is 12.2 Å². The van der Waals surface area contributed by atoms with Crippen molar-refractivity contribution in [3.63, 3.8) is 0 Å². The van der Waals surface area contributed by atoms with Gasteiger partial charge in [0, 0.05) is 30.7 Å². The Hall–Kier alpha value is -4.01. The molecule has 2 aromatic heterocycles. The zero-order valence-electron chi connectivity index (χ0n) is 18.0. The van der Waals surface area contributed by atoms with Crippen LogP contribution >= 0.6 is 0 Å². The molecule has 0 radical (unpaired) electrons. The van der Waals surface area contributed by atoms with Crippen LogP contribution in [0.4, 0.5) is 11.4 Å². The molecule has 9 heteroatoms. The number of hydrogen-bond acceptors (Lipinski definition) is 5. The van der Waals surface area contributed by atoms with Crippen LogP contribution in [0.3, 0.4) is 0 Å². The number of carbonyl (C=O) groups excluding carboxylic acids is 1. The number of aryl methyl sites for hydroxylation is 2. The van der Waals surface area contributed by atoms with Crippen molar-refractivity contribution in [3.05, 3.63) is 82.2 Å². The van der Waals surface area contributed by atoms with Crippen molar-refractivity contribution in [1.82, 2.24) is 19.1 Å². The number of hydrogen-bond donors (Lipinski definition) is 1. The molecule has 4 aromatic rings. The van der Waals surface area contributed by atoms with Crippen LogP contribution in [-0.4, -0.2) is 29.9 Å². The van der Waals surface area contributed by atoms with E-state index in [1.54, 1.807) is 24.4 Å². The van der Waals surface area contributed by atoms with Crippen LogP contribution in [-0.2, 0) is 13.1 Å². The molecule has 2 aromatic carbocycles. The van der Waals surface area contributed by atoms with E-state index in [9.17, 15) is 14.9 Å². The Kier molecular flexibility index (Phi) is 5.98. The van der Waals surface area contributed by atoms with Gasteiger partial charge < -0.3 is 14.5 Å². The van der Waals surface area contributed by atoms with Crippen LogP contribution in [0.5, 0.6) is 0 Å². The van der Waals surface area contributed by atoms with Crippen molar-refractivity contribution in [2.45, 2.75) is 39.8 Å². The molecule has 0 aliphatic carbocycles. The Bertz CT molecular complexity index is 1290. The zero-order valence-corrected chi connectivity index (χ0v) is 18.0. The zero-order chi connectivity index (χ0) is 22.7.